The largest absolute Gasteiger partial charge is 0.307 e. The van der Waals surface area contributed by atoms with Gasteiger partial charge in [-0.3, -0.25) is 9.59 Å². The van der Waals surface area contributed by atoms with Crippen LogP contribution in [0.4, 0.5) is 0 Å². The fourth-order valence-electron chi connectivity index (χ4n) is 3.76. The van der Waals surface area contributed by atoms with Crippen molar-refractivity contribution in [1.82, 2.24) is 5.32 Å². The van der Waals surface area contributed by atoms with E-state index in [9.17, 15) is 14.4 Å². The Morgan fingerprint density at radius 1 is 0.895 bits per heavy atom. The van der Waals surface area contributed by atoms with Gasteiger partial charge in [0.1, 0.15) is 11.6 Å². The number of ketones is 3. The Bertz CT molecular complexity index is 898. The van der Waals surface area contributed by atoms with Crippen LogP contribution in [-0.4, -0.2) is 42.6 Å². The summed E-state index contributed by atoms with van der Waals surface area (Å²) in [5, 5.41) is 3.19. The Labute approximate surface area is 238 Å². The Balaban J connectivity index is 0.000000523. The summed E-state index contributed by atoms with van der Waals surface area (Å²) in [6.07, 6.45) is 4.45. The van der Waals surface area contributed by atoms with Crippen LogP contribution in [0.25, 0.3) is 0 Å². The van der Waals surface area contributed by atoms with Crippen molar-refractivity contribution in [3.8, 4) is 0 Å². The number of carbonyl (C=O) groups is 3. The number of hydrogen-bond donors (Lipinski definition) is 1. The average Bonchev–Trinajstić information content (AvgIpc) is 3.66. The van der Waals surface area contributed by atoms with Crippen LogP contribution in [0.3, 0.4) is 0 Å². The molecule has 0 spiro atoms. The number of hydrogen-bond acceptors (Lipinski definition) is 8. The van der Waals surface area contributed by atoms with Crippen LogP contribution in [0.5, 0.6) is 0 Å². The molecule has 1 saturated carbocycles. The van der Waals surface area contributed by atoms with Crippen LogP contribution in [0.1, 0.15) is 83.1 Å². The van der Waals surface area contributed by atoms with Crippen molar-refractivity contribution in [3.63, 3.8) is 0 Å². The summed E-state index contributed by atoms with van der Waals surface area (Å²) in [6, 6.07) is 17.4. The third kappa shape index (κ3) is 14.8. The van der Waals surface area contributed by atoms with Crippen LogP contribution in [0.15, 0.2) is 59.5 Å². The number of rotatable bonds is 6. The van der Waals surface area contributed by atoms with Gasteiger partial charge in [0.25, 0.3) is 0 Å². The fourth-order valence-corrected chi connectivity index (χ4v) is 4.87. The minimum atomic E-state index is -0.152. The number of thioether (sulfide) groups is 1. The fraction of sp³-hybridized carbons (Fsp3) is 0.500. The highest BCUT2D eigenvalue weighted by Gasteiger charge is 2.39. The Morgan fingerprint density at radius 2 is 1.45 bits per heavy atom. The lowest BCUT2D eigenvalue weighted by atomic mass is 9.76. The Kier molecular flexibility index (Phi) is 20.8. The third-order valence-corrected chi connectivity index (χ3v) is 7.11. The molecule has 0 aromatic heterocycles. The molecule has 2 fully saturated rings. The van der Waals surface area contributed by atoms with E-state index in [4.69, 9.17) is 0 Å². The molecule has 2 aromatic rings. The lowest BCUT2D eigenvalue weighted by molar-refractivity contribution is -0.160. The minimum Gasteiger partial charge on any atom is -0.307 e. The highest BCUT2D eigenvalue weighted by atomic mass is 32.2. The first-order chi connectivity index (χ1) is 18.2. The maximum absolute atomic E-state index is 11.8. The first-order valence-corrected chi connectivity index (χ1v) is 14.9. The van der Waals surface area contributed by atoms with Crippen molar-refractivity contribution in [2.75, 3.05) is 25.3 Å². The number of nitrogens with one attached hydrogen (secondary N) is 1. The summed E-state index contributed by atoms with van der Waals surface area (Å²) in [6.45, 7) is 11.5. The van der Waals surface area contributed by atoms with E-state index in [2.05, 4.69) is 26.7 Å². The van der Waals surface area contributed by atoms with Crippen LogP contribution in [0, 0.1) is 0 Å². The second-order valence-electron chi connectivity index (χ2n) is 8.57. The van der Waals surface area contributed by atoms with Gasteiger partial charge in [-0.1, -0.05) is 69.2 Å². The maximum atomic E-state index is 11.8. The number of benzene rings is 2. The van der Waals surface area contributed by atoms with Gasteiger partial charge in [-0.15, -0.1) is 11.8 Å². The van der Waals surface area contributed by atoms with E-state index in [0.29, 0.717) is 11.3 Å². The average molecular weight is 564 g/mol. The Morgan fingerprint density at radius 3 is 1.82 bits per heavy atom. The van der Waals surface area contributed by atoms with E-state index in [1.54, 1.807) is 31.2 Å². The second-order valence-corrected chi connectivity index (χ2v) is 10.5. The molecule has 212 valence electrons. The summed E-state index contributed by atoms with van der Waals surface area (Å²) < 4.78 is 4.65. The summed E-state index contributed by atoms with van der Waals surface area (Å²) in [5.41, 5.74) is 1.76. The van der Waals surface area contributed by atoms with E-state index in [1.165, 1.54) is 64.5 Å². The van der Waals surface area contributed by atoms with Crippen LogP contribution >= 0.6 is 23.8 Å². The van der Waals surface area contributed by atoms with Gasteiger partial charge in [-0.2, -0.15) is 4.33 Å². The monoisotopic (exact) mass is 563 g/mol. The zero-order chi connectivity index (χ0) is 28.8. The van der Waals surface area contributed by atoms with Gasteiger partial charge in [-0.25, -0.2) is 4.89 Å². The van der Waals surface area contributed by atoms with Gasteiger partial charge >= 0.3 is 0 Å². The second kappa shape index (κ2) is 21.9. The zero-order valence-electron chi connectivity index (χ0n) is 24.0. The van der Waals surface area contributed by atoms with Gasteiger partial charge in [0.05, 0.1) is 24.6 Å². The van der Waals surface area contributed by atoms with Gasteiger partial charge in [0.2, 0.25) is 0 Å². The summed E-state index contributed by atoms with van der Waals surface area (Å²) in [5.74, 6) is 3.03. The SMILES string of the molecule is C1CSCN1.CC.CC(=O)C1(c2ccccc2)CCCC1.CC(C)=O.COOSc1ccc(C(C)=O)cc1. The Hall–Kier alpha value is -1.97. The van der Waals surface area contributed by atoms with Crippen LogP contribution in [-0.2, 0) is 24.2 Å². The van der Waals surface area contributed by atoms with Crippen molar-refractivity contribution < 1.29 is 23.6 Å². The summed E-state index contributed by atoms with van der Waals surface area (Å²) >= 11 is 3.07. The van der Waals surface area contributed by atoms with Gasteiger partial charge < -0.3 is 10.1 Å². The predicted molar refractivity (Wildman–Crippen MR) is 161 cm³/mol. The van der Waals surface area contributed by atoms with Crippen molar-refractivity contribution in [2.24, 2.45) is 0 Å². The molecule has 0 unspecified atom stereocenters. The minimum absolute atomic E-state index is 0.0595. The smallest absolute Gasteiger partial charge is 0.159 e. The van der Waals surface area contributed by atoms with Crippen LogP contribution < -0.4 is 5.32 Å². The molecule has 8 heteroatoms. The first kappa shape index (κ1) is 36.0. The maximum Gasteiger partial charge on any atom is 0.159 e. The quantitative estimate of drug-likeness (QED) is 0.168. The lowest BCUT2D eigenvalue weighted by Crippen LogP contribution is -2.30. The summed E-state index contributed by atoms with van der Waals surface area (Å²) in [7, 11) is 1.44. The molecule has 0 atom stereocenters. The molecule has 1 heterocycles. The highest BCUT2D eigenvalue weighted by molar-refractivity contribution is 7.99. The van der Waals surface area contributed by atoms with Crippen molar-refractivity contribution in [1.29, 1.82) is 0 Å². The zero-order valence-corrected chi connectivity index (χ0v) is 25.6. The number of carbonyl (C=O) groups excluding carboxylic acids is 3. The lowest BCUT2D eigenvalue weighted by Gasteiger charge is -2.26. The molecule has 2 aliphatic rings. The van der Waals surface area contributed by atoms with Crippen molar-refractivity contribution >= 4 is 41.2 Å². The molecule has 1 aliphatic heterocycles. The van der Waals surface area contributed by atoms with Gasteiger partial charge in [0, 0.05) is 28.6 Å². The molecule has 1 N–H and O–H groups in total. The van der Waals surface area contributed by atoms with Crippen molar-refractivity contribution in [3.05, 3.63) is 65.7 Å². The van der Waals surface area contributed by atoms with E-state index < -0.39 is 0 Å². The van der Waals surface area contributed by atoms with Crippen molar-refractivity contribution in [2.45, 2.75) is 77.5 Å². The van der Waals surface area contributed by atoms with E-state index in [-0.39, 0.29) is 17.0 Å². The standard InChI is InChI=1S/C13H16O.C9H10O3S.C3H7NS.C3H6O.C2H6/c1-11(14)13(9-5-6-10-13)12-7-3-2-4-8-12;1-7(10)8-3-5-9(6-4-8)13-12-11-2;1-2-5-3-4-1;1-3(2)4;1-2/h2-4,7-8H,5-6,9-10H2,1H3;3-6H,1-2H3;4H,1-3H2;1-2H3;1-2H3. The molecule has 2 aromatic carbocycles. The molecule has 1 aliphatic carbocycles. The van der Waals surface area contributed by atoms with E-state index >= 15 is 0 Å². The number of Topliss-reactive ketones (excluding diaryl/α,β-unsaturated/α-hetero) is 3. The molecule has 0 amide bonds. The molecule has 0 bridgehead atoms. The topological polar surface area (TPSA) is 81.7 Å². The van der Waals surface area contributed by atoms with Gasteiger partial charge in [-0.05, 0) is 58.2 Å². The molecular weight excluding hydrogens is 518 g/mol. The highest BCUT2D eigenvalue weighted by Crippen LogP contribution is 2.41. The van der Waals surface area contributed by atoms with Crippen LogP contribution in [0.2, 0.25) is 0 Å². The third-order valence-electron chi connectivity index (χ3n) is 5.54. The van der Waals surface area contributed by atoms with E-state index in [0.717, 1.165) is 29.8 Å². The first-order valence-electron chi connectivity index (χ1n) is 13.0. The molecule has 38 heavy (non-hydrogen) atoms. The molecular formula is C30H45NO5S2. The van der Waals surface area contributed by atoms with E-state index in [1.807, 2.05) is 43.8 Å². The normalized spacial score (nSPS) is 14.6. The molecule has 4 rings (SSSR count). The molecule has 1 saturated heterocycles. The van der Waals surface area contributed by atoms with Gasteiger partial charge in [0.15, 0.2) is 5.78 Å². The predicted octanol–water partition coefficient (Wildman–Crippen LogP) is 7.46. The molecule has 0 radical (unpaired) electrons. The summed E-state index contributed by atoms with van der Waals surface area (Å²) in [4.78, 5) is 37.4. The molecule has 6 nitrogen and oxygen atoms in total.